The Hall–Kier alpha value is -6.83. The van der Waals surface area contributed by atoms with Crippen LogP contribution in [0.1, 0.15) is 72.1 Å². The number of nitrogens with one attached hydrogen (secondary N) is 1. The number of unbranched alkanes of at least 4 members (excludes halogenated alkanes) is 3. The Kier molecular flexibility index (Phi) is 10.4. The first-order valence-electron chi connectivity index (χ1n) is 20.0. The maximum Gasteiger partial charge on any atom is 0.262 e. The number of ether oxygens (including phenoxy) is 4. The van der Waals surface area contributed by atoms with Gasteiger partial charge in [0.15, 0.2) is 0 Å². The van der Waals surface area contributed by atoms with E-state index in [0.29, 0.717) is 36.6 Å². The van der Waals surface area contributed by atoms with Gasteiger partial charge in [0.1, 0.15) is 24.0 Å². The lowest BCUT2D eigenvalue weighted by molar-refractivity contribution is -0.136. The molecule has 1 saturated carbocycles. The molecule has 14 heteroatoms. The minimum Gasteiger partial charge on any atom is -0.494 e. The molecular formula is C45H42N6O8. The van der Waals surface area contributed by atoms with E-state index in [1.165, 1.54) is 5.39 Å². The average Bonchev–Trinajstić information content (AvgIpc) is 3.66. The van der Waals surface area contributed by atoms with E-state index in [1.54, 1.807) is 18.2 Å². The first-order valence-corrected chi connectivity index (χ1v) is 20.0. The van der Waals surface area contributed by atoms with Crippen molar-refractivity contribution in [3.05, 3.63) is 103 Å². The van der Waals surface area contributed by atoms with Gasteiger partial charge in [-0.1, -0.05) is 18.2 Å². The summed E-state index contributed by atoms with van der Waals surface area (Å²) in [6.07, 6.45) is 10.7. The lowest BCUT2D eigenvalue weighted by atomic mass is 9.92. The van der Waals surface area contributed by atoms with E-state index in [-0.39, 0.29) is 36.2 Å². The predicted molar refractivity (Wildman–Crippen MR) is 216 cm³/mol. The maximum atomic E-state index is 13.1. The molecular weight excluding hydrogens is 753 g/mol. The number of benzene rings is 2. The summed E-state index contributed by atoms with van der Waals surface area (Å²) in [6.45, 7) is 0.959. The molecule has 1 atom stereocenters. The second-order valence-corrected chi connectivity index (χ2v) is 15.1. The van der Waals surface area contributed by atoms with E-state index < -0.39 is 29.7 Å². The molecule has 0 spiro atoms. The molecule has 300 valence electrons. The molecule has 59 heavy (non-hydrogen) atoms. The number of hydrogen-bond donors (Lipinski definition) is 1. The van der Waals surface area contributed by atoms with Gasteiger partial charge < -0.3 is 23.5 Å². The minimum absolute atomic E-state index is 0.000667. The molecule has 4 amide bonds. The van der Waals surface area contributed by atoms with Crippen LogP contribution in [0, 0.1) is 0 Å². The highest BCUT2D eigenvalue weighted by Crippen LogP contribution is 2.34. The molecule has 0 bridgehead atoms. The monoisotopic (exact) mass is 794 g/mol. The molecule has 2 fully saturated rings. The highest BCUT2D eigenvalue weighted by atomic mass is 16.5. The number of hydrogen-bond acceptors (Lipinski definition) is 11. The molecule has 3 aliphatic rings. The van der Waals surface area contributed by atoms with E-state index in [1.807, 2.05) is 55.0 Å². The van der Waals surface area contributed by atoms with Crippen molar-refractivity contribution >= 4 is 45.4 Å². The summed E-state index contributed by atoms with van der Waals surface area (Å²) in [5, 5.41) is 4.52. The zero-order chi connectivity index (χ0) is 40.5. The Morgan fingerprint density at radius 2 is 1.47 bits per heavy atom. The molecule has 6 heterocycles. The molecule has 4 aromatic heterocycles. The molecule has 0 radical (unpaired) electrons. The number of amides is 4. The van der Waals surface area contributed by atoms with Gasteiger partial charge in [-0.2, -0.15) is 4.98 Å². The molecule has 9 rings (SSSR count). The van der Waals surface area contributed by atoms with Crippen molar-refractivity contribution in [2.45, 2.75) is 69.6 Å². The number of nitrogens with zero attached hydrogens (tertiary/aromatic N) is 5. The Balaban J connectivity index is 0.664. The summed E-state index contributed by atoms with van der Waals surface area (Å²) < 4.78 is 26.2. The third-order valence-corrected chi connectivity index (χ3v) is 11.2. The van der Waals surface area contributed by atoms with E-state index >= 15 is 0 Å². The topological polar surface area (TPSA) is 164 Å². The first kappa shape index (κ1) is 37.7. The van der Waals surface area contributed by atoms with Gasteiger partial charge in [0, 0.05) is 85.0 Å². The standard InChI is InChI=1S/C45H42N6O8/c1-50-36-17-18-46-26-35(36)32-12-9-27(21-38(32)50)28-10-16-40(47-25-28)58-30-22-31(23-30)59-42-8-6-7-41(49-42)57-20-5-3-2-4-19-56-29-11-13-33-34(24-29)45(55)51(44(33)54)37-14-15-39(52)48-43(37)53/h6-13,16-18,21,24-26,30-31,37H,2-5,14-15,19-20,22-23H2,1H3,(H,48,52,53). The second kappa shape index (κ2) is 16.2. The molecule has 1 unspecified atom stereocenters. The summed E-state index contributed by atoms with van der Waals surface area (Å²) in [5.41, 5.74) is 4.83. The highest BCUT2D eigenvalue weighted by molar-refractivity contribution is 6.23. The fraction of sp³-hybridized carbons (Fsp3) is 0.311. The second-order valence-electron chi connectivity index (χ2n) is 15.1. The van der Waals surface area contributed by atoms with Crippen molar-refractivity contribution in [3.8, 4) is 34.5 Å². The Morgan fingerprint density at radius 1 is 0.712 bits per heavy atom. The molecule has 1 N–H and O–H groups in total. The van der Waals surface area contributed by atoms with E-state index in [4.69, 9.17) is 18.9 Å². The number of aromatic nitrogens is 4. The fourth-order valence-corrected chi connectivity index (χ4v) is 7.91. The molecule has 1 aliphatic carbocycles. The van der Waals surface area contributed by atoms with Crippen LogP contribution in [0.2, 0.25) is 0 Å². The Bertz CT molecular complexity index is 2580. The number of rotatable bonds is 15. The van der Waals surface area contributed by atoms with Crippen LogP contribution in [0.25, 0.3) is 32.9 Å². The van der Waals surface area contributed by atoms with Crippen molar-refractivity contribution in [1.82, 2.24) is 29.7 Å². The first-order chi connectivity index (χ1) is 28.8. The average molecular weight is 795 g/mol. The Labute approximate surface area is 339 Å². The van der Waals surface area contributed by atoms with Gasteiger partial charge in [-0.05, 0) is 74.1 Å². The highest BCUT2D eigenvalue weighted by Gasteiger charge is 2.44. The largest absolute Gasteiger partial charge is 0.494 e. The zero-order valence-electron chi connectivity index (χ0n) is 32.5. The van der Waals surface area contributed by atoms with Gasteiger partial charge in [-0.15, -0.1) is 0 Å². The molecule has 6 aromatic rings. The van der Waals surface area contributed by atoms with Gasteiger partial charge in [-0.25, -0.2) is 4.98 Å². The summed E-state index contributed by atoms with van der Waals surface area (Å²) in [7, 11) is 2.08. The number of pyridine rings is 3. The lowest BCUT2D eigenvalue weighted by Gasteiger charge is -2.34. The van der Waals surface area contributed by atoms with Crippen molar-refractivity contribution in [1.29, 1.82) is 0 Å². The van der Waals surface area contributed by atoms with Crippen LogP contribution in [0.15, 0.2) is 91.4 Å². The van der Waals surface area contributed by atoms with Crippen LogP contribution in [0.4, 0.5) is 0 Å². The number of imide groups is 2. The number of fused-ring (bicyclic) bond motifs is 4. The van der Waals surface area contributed by atoms with Crippen molar-refractivity contribution in [3.63, 3.8) is 0 Å². The van der Waals surface area contributed by atoms with Crippen LogP contribution < -0.4 is 24.3 Å². The molecule has 1 saturated heterocycles. The summed E-state index contributed by atoms with van der Waals surface area (Å²) in [5.74, 6) is -0.0408. The Morgan fingerprint density at radius 3 is 2.27 bits per heavy atom. The number of aryl methyl sites for hydroxylation is 1. The summed E-state index contributed by atoms with van der Waals surface area (Å²) in [4.78, 5) is 64.2. The van der Waals surface area contributed by atoms with E-state index in [2.05, 4.69) is 50.1 Å². The van der Waals surface area contributed by atoms with Crippen molar-refractivity contribution in [2.24, 2.45) is 7.05 Å². The smallest absolute Gasteiger partial charge is 0.262 e. The van der Waals surface area contributed by atoms with Crippen LogP contribution in [0.3, 0.4) is 0 Å². The molecule has 2 aliphatic heterocycles. The van der Waals surface area contributed by atoms with Crippen LogP contribution in [0.5, 0.6) is 23.4 Å². The number of carbonyl (C=O) groups is 4. The van der Waals surface area contributed by atoms with Gasteiger partial charge in [0.25, 0.3) is 11.8 Å². The van der Waals surface area contributed by atoms with E-state index in [0.717, 1.165) is 71.0 Å². The van der Waals surface area contributed by atoms with Gasteiger partial charge >= 0.3 is 0 Å². The van der Waals surface area contributed by atoms with Gasteiger partial charge in [0.2, 0.25) is 29.5 Å². The van der Waals surface area contributed by atoms with E-state index in [9.17, 15) is 19.2 Å². The van der Waals surface area contributed by atoms with Crippen LogP contribution >= 0.6 is 0 Å². The molecule has 14 nitrogen and oxygen atoms in total. The SMILES string of the molecule is Cn1c2ccncc2c2ccc(-c3ccc(OC4CC(Oc5cccc(OCCCCCCOc6ccc7c(c6)C(=O)N(C6CCC(=O)NC6=O)C7=O)n5)C4)nc3)cc21. The third kappa shape index (κ3) is 7.77. The lowest BCUT2D eigenvalue weighted by Crippen LogP contribution is -2.54. The van der Waals surface area contributed by atoms with Gasteiger partial charge in [-0.3, -0.25) is 34.4 Å². The number of carbonyl (C=O) groups excluding carboxylic acids is 4. The number of piperidine rings is 1. The van der Waals surface area contributed by atoms with Crippen LogP contribution in [-0.4, -0.2) is 79.5 Å². The summed E-state index contributed by atoms with van der Waals surface area (Å²) >= 11 is 0. The fourth-order valence-electron chi connectivity index (χ4n) is 7.91. The molecule has 2 aromatic carbocycles. The minimum atomic E-state index is -0.999. The van der Waals surface area contributed by atoms with Crippen LogP contribution in [-0.2, 0) is 16.6 Å². The maximum absolute atomic E-state index is 13.1. The van der Waals surface area contributed by atoms with Crippen molar-refractivity contribution in [2.75, 3.05) is 13.2 Å². The third-order valence-electron chi connectivity index (χ3n) is 11.2. The van der Waals surface area contributed by atoms with Crippen molar-refractivity contribution < 1.29 is 38.1 Å². The zero-order valence-corrected chi connectivity index (χ0v) is 32.5. The summed E-state index contributed by atoms with van der Waals surface area (Å²) in [6, 6.07) is 21.7. The van der Waals surface area contributed by atoms with Gasteiger partial charge in [0.05, 0.1) is 29.9 Å². The normalized spacial score (nSPS) is 18.8. The quantitative estimate of drug-likeness (QED) is 0.0881. The predicted octanol–water partition coefficient (Wildman–Crippen LogP) is 6.59.